The number of sulfone groups is 1. The van der Waals surface area contributed by atoms with Gasteiger partial charge in [-0.15, -0.1) is 0 Å². The number of aromatic nitrogens is 4. The van der Waals surface area contributed by atoms with E-state index in [1.807, 2.05) is 11.8 Å². The fourth-order valence-electron chi connectivity index (χ4n) is 5.36. The number of piperazine rings is 1. The number of halogens is 2. The molecule has 43 heavy (non-hydrogen) atoms. The van der Waals surface area contributed by atoms with Crippen LogP contribution in [0.15, 0.2) is 59.0 Å². The highest BCUT2D eigenvalue weighted by atomic mass is 35.5. The maximum Gasteiger partial charge on any atom is 0.355 e. The van der Waals surface area contributed by atoms with Crippen molar-refractivity contribution in [2.24, 2.45) is 0 Å². The third kappa shape index (κ3) is 5.34. The van der Waals surface area contributed by atoms with Crippen molar-refractivity contribution in [3.8, 4) is 16.9 Å². The Kier molecular flexibility index (Phi) is 7.97. The summed E-state index contributed by atoms with van der Waals surface area (Å²) in [5.74, 6) is -0.658. The first-order valence-electron chi connectivity index (χ1n) is 13.4. The zero-order valence-electron chi connectivity index (χ0n) is 23.7. The van der Waals surface area contributed by atoms with E-state index in [1.165, 1.54) is 36.5 Å². The smallest absolute Gasteiger partial charge is 0.355 e. The van der Waals surface area contributed by atoms with Crippen molar-refractivity contribution in [1.82, 2.24) is 24.4 Å². The minimum Gasteiger partial charge on any atom is -0.398 e. The number of hydrogen-bond donors (Lipinski definition) is 1. The van der Waals surface area contributed by atoms with Crippen LogP contribution in [-0.2, 0) is 21.1 Å². The number of carbonyl (C=O) groups excluding carboxylic acids is 1. The average Bonchev–Trinajstić information content (AvgIpc) is 2.96. The molecular formula is C29H29ClFN7O4S. The number of fused-ring (bicyclic) bond motifs is 1. The van der Waals surface area contributed by atoms with Gasteiger partial charge in [0.15, 0.2) is 20.5 Å². The van der Waals surface area contributed by atoms with Crippen LogP contribution in [0.2, 0.25) is 5.02 Å². The number of nitrogen functional groups attached to an aromatic ring is 1. The predicted octanol–water partition coefficient (Wildman–Crippen LogP) is 3.41. The molecule has 14 heteroatoms. The topological polar surface area (TPSA) is 144 Å². The number of pyridine rings is 2. The highest BCUT2D eigenvalue weighted by molar-refractivity contribution is 7.90. The number of anilines is 2. The van der Waals surface area contributed by atoms with Crippen molar-refractivity contribution < 1.29 is 17.6 Å². The second-order valence-electron chi connectivity index (χ2n) is 10.2. The Morgan fingerprint density at radius 2 is 2.00 bits per heavy atom. The van der Waals surface area contributed by atoms with E-state index in [9.17, 15) is 18.0 Å². The van der Waals surface area contributed by atoms with Crippen LogP contribution in [0, 0.1) is 5.82 Å². The first kappa shape index (κ1) is 30.1. The third-order valence-corrected chi connectivity index (χ3v) is 8.69. The van der Waals surface area contributed by atoms with E-state index in [0.29, 0.717) is 37.0 Å². The van der Waals surface area contributed by atoms with Gasteiger partial charge in [0, 0.05) is 43.8 Å². The lowest BCUT2D eigenvalue weighted by molar-refractivity contribution is -0.126. The van der Waals surface area contributed by atoms with Gasteiger partial charge in [0.05, 0.1) is 27.4 Å². The molecule has 0 bridgehead atoms. The second kappa shape index (κ2) is 11.4. The zero-order valence-corrected chi connectivity index (χ0v) is 25.3. The van der Waals surface area contributed by atoms with Gasteiger partial charge in [0.25, 0.3) is 0 Å². The molecule has 4 heterocycles. The predicted molar refractivity (Wildman–Crippen MR) is 164 cm³/mol. The highest BCUT2D eigenvalue weighted by Crippen LogP contribution is 2.38. The quantitative estimate of drug-likeness (QED) is 0.252. The Hall–Kier alpha value is -4.36. The Bertz CT molecular complexity index is 1940. The SMILES string of the molecule is C=CC(=O)N1CCN(c2nc(=O)n(-c3c(CC)ccnc3S(C)(=O)=O)c3nc(-c4c(N)cccc4F)c(Cl)cc23)[C@@H](C)C1. The highest BCUT2D eigenvalue weighted by Gasteiger charge is 2.31. The number of hydrogen-bond acceptors (Lipinski definition) is 9. The first-order chi connectivity index (χ1) is 20.4. The molecule has 5 rings (SSSR count). The summed E-state index contributed by atoms with van der Waals surface area (Å²) in [5, 5.41) is 0.0123. The molecule has 0 unspecified atom stereocenters. The van der Waals surface area contributed by atoms with Gasteiger partial charge in [0.1, 0.15) is 11.6 Å². The number of aryl methyl sites for hydroxylation is 1. The maximum atomic E-state index is 15.1. The van der Waals surface area contributed by atoms with Gasteiger partial charge < -0.3 is 15.5 Å². The number of nitrogens with two attached hydrogens (primary N) is 1. The Labute approximate surface area is 252 Å². The number of benzene rings is 1. The van der Waals surface area contributed by atoms with E-state index in [1.54, 1.807) is 17.9 Å². The summed E-state index contributed by atoms with van der Waals surface area (Å²) in [6.07, 6.45) is 3.95. The maximum absolute atomic E-state index is 15.1. The molecule has 1 amide bonds. The summed E-state index contributed by atoms with van der Waals surface area (Å²) >= 11 is 6.72. The Morgan fingerprint density at radius 3 is 2.63 bits per heavy atom. The largest absolute Gasteiger partial charge is 0.398 e. The third-order valence-electron chi connectivity index (χ3n) is 7.40. The minimum atomic E-state index is -3.93. The first-order valence-corrected chi connectivity index (χ1v) is 15.7. The standard InChI is InChI=1S/C29H29ClFN7O4S/c1-5-17-10-11-33-28(43(4,41)42)25(17)38-27-18(14-19(30)24(34-27)23-20(31)8-7-9-21(23)32)26(35-29(38)40)37-13-12-36(15-16(37)3)22(39)6-2/h6-11,14,16H,2,5,12-13,15,32H2,1,3-4H3/t16-/m0/s1. The summed E-state index contributed by atoms with van der Waals surface area (Å²) in [6.45, 7) is 8.24. The monoisotopic (exact) mass is 625 g/mol. The lowest BCUT2D eigenvalue weighted by atomic mass is 10.1. The van der Waals surface area contributed by atoms with Gasteiger partial charge in [0.2, 0.25) is 5.91 Å². The van der Waals surface area contributed by atoms with Gasteiger partial charge in [-0.05, 0) is 49.2 Å². The average molecular weight is 626 g/mol. The van der Waals surface area contributed by atoms with Gasteiger partial charge in [-0.1, -0.05) is 31.2 Å². The zero-order chi connectivity index (χ0) is 31.2. The van der Waals surface area contributed by atoms with Gasteiger partial charge in [-0.2, -0.15) is 4.98 Å². The van der Waals surface area contributed by atoms with E-state index in [4.69, 9.17) is 17.3 Å². The van der Waals surface area contributed by atoms with Crippen molar-refractivity contribution in [2.75, 3.05) is 36.5 Å². The van der Waals surface area contributed by atoms with Gasteiger partial charge in [-0.3, -0.25) is 4.79 Å². The van der Waals surface area contributed by atoms with Crippen LogP contribution >= 0.6 is 11.6 Å². The van der Waals surface area contributed by atoms with Crippen LogP contribution in [-0.4, -0.2) is 70.7 Å². The normalized spacial score (nSPS) is 15.6. The van der Waals surface area contributed by atoms with Crippen LogP contribution in [0.1, 0.15) is 19.4 Å². The van der Waals surface area contributed by atoms with Crippen molar-refractivity contribution in [3.63, 3.8) is 0 Å². The molecule has 1 aliphatic rings. The minimum absolute atomic E-state index is 0.00160. The molecule has 224 valence electrons. The van der Waals surface area contributed by atoms with Crippen molar-refractivity contribution in [3.05, 3.63) is 76.1 Å². The van der Waals surface area contributed by atoms with E-state index in [0.717, 1.165) is 10.8 Å². The molecule has 1 aliphatic heterocycles. The number of nitrogens with zero attached hydrogens (tertiary/aromatic N) is 6. The van der Waals surface area contributed by atoms with E-state index in [-0.39, 0.29) is 56.1 Å². The molecule has 1 saturated heterocycles. The summed E-state index contributed by atoms with van der Waals surface area (Å²) in [6, 6.07) is 7.00. The van der Waals surface area contributed by atoms with E-state index >= 15 is 4.39 Å². The summed E-state index contributed by atoms with van der Waals surface area (Å²) < 4.78 is 42.0. The van der Waals surface area contributed by atoms with Crippen LogP contribution in [0.5, 0.6) is 0 Å². The number of amides is 1. The molecule has 0 saturated carbocycles. The molecule has 0 aliphatic carbocycles. The Morgan fingerprint density at radius 1 is 1.26 bits per heavy atom. The van der Waals surface area contributed by atoms with Crippen molar-refractivity contribution in [1.29, 1.82) is 0 Å². The van der Waals surface area contributed by atoms with Crippen molar-refractivity contribution >= 4 is 49.9 Å². The fraction of sp³-hybridized carbons (Fsp3) is 0.276. The molecular weight excluding hydrogens is 597 g/mol. The van der Waals surface area contributed by atoms with Gasteiger partial charge >= 0.3 is 5.69 Å². The molecule has 3 aromatic heterocycles. The van der Waals surface area contributed by atoms with Crippen molar-refractivity contribution in [2.45, 2.75) is 31.3 Å². The summed E-state index contributed by atoms with van der Waals surface area (Å²) in [4.78, 5) is 42.9. The lowest BCUT2D eigenvalue weighted by Gasteiger charge is -2.40. The summed E-state index contributed by atoms with van der Waals surface area (Å²) in [5.41, 5.74) is 5.76. The van der Waals surface area contributed by atoms with E-state index in [2.05, 4.69) is 21.5 Å². The molecule has 1 fully saturated rings. The van der Waals surface area contributed by atoms with Crippen LogP contribution in [0.25, 0.3) is 28.0 Å². The number of carbonyl (C=O) groups is 1. The molecule has 0 radical (unpaired) electrons. The molecule has 11 nitrogen and oxygen atoms in total. The van der Waals surface area contributed by atoms with Gasteiger partial charge in [-0.25, -0.2) is 32.1 Å². The Balaban J connectivity index is 1.88. The van der Waals surface area contributed by atoms with Crippen LogP contribution in [0.3, 0.4) is 0 Å². The fourth-order valence-corrected chi connectivity index (χ4v) is 6.43. The summed E-state index contributed by atoms with van der Waals surface area (Å²) in [7, 11) is -3.93. The molecule has 1 atom stereocenters. The second-order valence-corrected chi connectivity index (χ2v) is 12.6. The molecule has 0 spiro atoms. The molecule has 2 N–H and O–H groups in total. The van der Waals surface area contributed by atoms with Crippen LogP contribution in [0.4, 0.5) is 15.9 Å². The lowest BCUT2D eigenvalue weighted by Crippen LogP contribution is -2.54. The van der Waals surface area contributed by atoms with E-state index < -0.39 is 21.3 Å². The molecule has 4 aromatic rings. The van der Waals surface area contributed by atoms with Crippen LogP contribution < -0.4 is 16.3 Å². The number of rotatable bonds is 6. The molecule has 1 aromatic carbocycles.